The lowest BCUT2D eigenvalue weighted by Gasteiger charge is -2.03. The summed E-state index contributed by atoms with van der Waals surface area (Å²) < 4.78 is 0. The standard InChI is InChI=1S/C20H23ClN2O/c1-2-3-4-5-15-24-23-20(18-7-6-14-22-16-18)13-10-17-8-11-19(21)12-9-17/h6-14,16H,2-5,15H2,1H3/b13-10+,23-20-. The molecule has 2 aromatic rings. The molecule has 4 heteroatoms. The molecule has 0 aliphatic rings. The molecule has 3 nitrogen and oxygen atoms in total. The maximum atomic E-state index is 5.91. The van der Waals surface area contributed by atoms with E-state index in [1.54, 1.807) is 12.4 Å². The Kier molecular flexibility index (Phi) is 8.05. The Labute approximate surface area is 149 Å². The quantitative estimate of drug-likeness (QED) is 0.330. The number of unbranched alkanes of at least 4 members (excludes halogenated alkanes) is 3. The van der Waals surface area contributed by atoms with Crippen LogP contribution in [0.4, 0.5) is 0 Å². The number of rotatable bonds is 9. The van der Waals surface area contributed by atoms with Crippen molar-refractivity contribution in [3.8, 4) is 0 Å². The van der Waals surface area contributed by atoms with Gasteiger partial charge in [0.15, 0.2) is 0 Å². The summed E-state index contributed by atoms with van der Waals surface area (Å²) >= 11 is 5.91. The van der Waals surface area contributed by atoms with Gasteiger partial charge in [0.05, 0.1) is 0 Å². The van der Waals surface area contributed by atoms with Crippen LogP contribution in [0.5, 0.6) is 0 Å². The van der Waals surface area contributed by atoms with Crippen molar-refractivity contribution in [2.24, 2.45) is 5.16 Å². The highest BCUT2D eigenvalue weighted by Crippen LogP contribution is 2.12. The van der Waals surface area contributed by atoms with Crippen LogP contribution in [0.15, 0.2) is 60.0 Å². The minimum atomic E-state index is 0.637. The summed E-state index contributed by atoms with van der Waals surface area (Å²) in [7, 11) is 0. The van der Waals surface area contributed by atoms with Gasteiger partial charge in [-0.25, -0.2) is 0 Å². The van der Waals surface area contributed by atoms with E-state index < -0.39 is 0 Å². The van der Waals surface area contributed by atoms with Gasteiger partial charge in [0.25, 0.3) is 0 Å². The molecule has 1 heterocycles. The third-order valence-corrected chi connectivity index (χ3v) is 3.77. The van der Waals surface area contributed by atoms with Crippen LogP contribution in [0.2, 0.25) is 5.02 Å². The van der Waals surface area contributed by atoms with Crippen molar-refractivity contribution in [1.29, 1.82) is 0 Å². The predicted molar refractivity (Wildman–Crippen MR) is 101 cm³/mol. The van der Waals surface area contributed by atoms with Gasteiger partial charge in [-0.2, -0.15) is 0 Å². The molecule has 2 rings (SSSR count). The molecule has 1 aromatic carbocycles. The van der Waals surface area contributed by atoms with Gasteiger partial charge < -0.3 is 4.84 Å². The molecule has 24 heavy (non-hydrogen) atoms. The summed E-state index contributed by atoms with van der Waals surface area (Å²) in [5.41, 5.74) is 2.74. The van der Waals surface area contributed by atoms with Crippen molar-refractivity contribution >= 4 is 23.4 Å². The zero-order valence-corrected chi connectivity index (χ0v) is 14.7. The zero-order valence-electron chi connectivity index (χ0n) is 14.0. The Morgan fingerprint density at radius 2 is 2.00 bits per heavy atom. The Morgan fingerprint density at radius 3 is 2.71 bits per heavy atom. The monoisotopic (exact) mass is 342 g/mol. The highest BCUT2D eigenvalue weighted by Gasteiger charge is 2.01. The molecule has 0 aliphatic carbocycles. The predicted octanol–water partition coefficient (Wildman–Crippen LogP) is 5.75. The number of benzene rings is 1. The fourth-order valence-electron chi connectivity index (χ4n) is 2.15. The smallest absolute Gasteiger partial charge is 0.117 e. The number of hydrogen-bond donors (Lipinski definition) is 0. The normalized spacial score (nSPS) is 11.8. The first kappa shape index (κ1) is 18.2. The number of allylic oxidation sites excluding steroid dienone is 1. The molecular formula is C20H23ClN2O. The molecule has 0 unspecified atom stereocenters. The molecule has 0 N–H and O–H groups in total. The average molecular weight is 343 g/mol. The number of oxime groups is 1. The van der Waals surface area contributed by atoms with Crippen LogP contribution in [-0.4, -0.2) is 17.3 Å². The lowest BCUT2D eigenvalue weighted by Crippen LogP contribution is -2.00. The number of nitrogens with zero attached hydrogens (tertiary/aromatic N) is 2. The van der Waals surface area contributed by atoms with E-state index >= 15 is 0 Å². The van der Waals surface area contributed by atoms with Crippen LogP contribution in [0.1, 0.15) is 43.7 Å². The fraction of sp³-hybridized carbons (Fsp3) is 0.300. The Hall–Kier alpha value is -2.13. The summed E-state index contributed by atoms with van der Waals surface area (Å²) in [6.07, 6.45) is 12.1. The topological polar surface area (TPSA) is 34.5 Å². The van der Waals surface area contributed by atoms with Gasteiger partial charge in [0.1, 0.15) is 12.3 Å². The van der Waals surface area contributed by atoms with Crippen LogP contribution in [-0.2, 0) is 4.84 Å². The number of hydrogen-bond acceptors (Lipinski definition) is 3. The Morgan fingerprint density at radius 1 is 1.17 bits per heavy atom. The third kappa shape index (κ3) is 6.55. The molecule has 0 saturated heterocycles. The second-order valence-electron chi connectivity index (χ2n) is 5.50. The van der Waals surface area contributed by atoms with Gasteiger partial charge in [0, 0.05) is 23.0 Å². The van der Waals surface area contributed by atoms with Crippen LogP contribution < -0.4 is 0 Å². The largest absolute Gasteiger partial charge is 0.395 e. The summed E-state index contributed by atoms with van der Waals surface area (Å²) in [4.78, 5) is 9.65. The number of pyridine rings is 1. The van der Waals surface area contributed by atoms with Gasteiger partial charge in [-0.1, -0.05) is 54.7 Å². The molecule has 0 spiro atoms. The van der Waals surface area contributed by atoms with E-state index in [1.807, 2.05) is 48.6 Å². The summed E-state index contributed by atoms with van der Waals surface area (Å²) in [6, 6.07) is 11.5. The number of aromatic nitrogens is 1. The van der Waals surface area contributed by atoms with E-state index in [-0.39, 0.29) is 0 Å². The fourth-order valence-corrected chi connectivity index (χ4v) is 2.28. The van der Waals surface area contributed by atoms with Crippen molar-refractivity contribution in [3.63, 3.8) is 0 Å². The van der Waals surface area contributed by atoms with Gasteiger partial charge in [0.2, 0.25) is 0 Å². The van der Waals surface area contributed by atoms with Crippen LogP contribution >= 0.6 is 11.6 Å². The van der Waals surface area contributed by atoms with Gasteiger partial charge in [-0.05, 0) is 48.7 Å². The molecule has 0 fully saturated rings. The Bertz CT molecular complexity index is 651. The highest BCUT2D eigenvalue weighted by atomic mass is 35.5. The Balaban J connectivity index is 2.04. The minimum Gasteiger partial charge on any atom is -0.395 e. The van der Waals surface area contributed by atoms with Crippen LogP contribution in [0.3, 0.4) is 0 Å². The number of halogens is 1. The SMILES string of the molecule is CCCCCCO/N=C(/C=C/c1ccc(Cl)cc1)c1cccnc1. The summed E-state index contributed by atoms with van der Waals surface area (Å²) in [6.45, 7) is 2.83. The maximum absolute atomic E-state index is 5.91. The average Bonchev–Trinajstić information content (AvgIpc) is 2.62. The molecule has 0 radical (unpaired) electrons. The minimum absolute atomic E-state index is 0.637. The first-order valence-corrected chi connectivity index (χ1v) is 8.71. The molecule has 0 aliphatic heterocycles. The first-order valence-electron chi connectivity index (χ1n) is 8.33. The van der Waals surface area contributed by atoms with E-state index in [2.05, 4.69) is 17.1 Å². The van der Waals surface area contributed by atoms with E-state index in [0.717, 1.165) is 28.3 Å². The molecule has 0 bridgehead atoms. The lowest BCUT2D eigenvalue weighted by molar-refractivity contribution is 0.140. The van der Waals surface area contributed by atoms with Crippen molar-refractivity contribution in [3.05, 3.63) is 71.0 Å². The molecule has 126 valence electrons. The van der Waals surface area contributed by atoms with Crippen LogP contribution in [0, 0.1) is 0 Å². The van der Waals surface area contributed by atoms with Gasteiger partial charge >= 0.3 is 0 Å². The van der Waals surface area contributed by atoms with Gasteiger partial charge in [-0.15, -0.1) is 0 Å². The second kappa shape index (κ2) is 10.6. The lowest BCUT2D eigenvalue weighted by atomic mass is 10.1. The van der Waals surface area contributed by atoms with Crippen molar-refractivity contribution in [2.45, 2.75) is 32.6 Å². The molecule has 1 aromatic heterocycles. The summed E-state index contributed by atoms with van der Waals surface area (Å²) in [5.74, 6) is 0. The van der Waals surface area contributed by atoms with Crippen molar-refractivity contribution in [2.75, 3.05) is 6.61 Å². The van der Waals surface area contributed by atoms with E-state index in [9.17, 15) is 0 Å². The maximum Gasteiger partial charge on any atom is 0.117 e. The third-order valence-electron chi connectivity index (χ3n) is 3.51. The summed E-state index contributed by atoms with van der Waals surface area (Å²) in [5, 5.41) is 5.01. The van der Waals surface area contributed by atoms with Crippen LogP contribution in [0.25, 0.3) is 6.08 Å². The van der Waals surface area contributed by atoms with Gasteiger partial charge in [-0.3, -0.25) is 4.98 Å². The van der Waals surface area contributed by atoms with E-state index in [0.29, 0.717) is 6.61 Å². The molecule has 0 saturated carbocycles. The first-order chi connectivity index (χ1) is 11.8. The molecular weight excluding hydrogens is 320 g/mol. The zero-order chi connectivity index (χ0) is 17.0. The van der Waals surface area contributed by atoms with Crippen molar-refractivity contribution in [1.82, 2.24) is 4.98 Å². The second-order valence-corrected chi connectivity index (χ2v) is 5.93. The van der Waals surface area contributed by atoms with Crippen molar-refractivity contribution < 1.29 is 4.84 Å². The highest BCUT2D eigenvalue weighted by molar-refractivity contribution is 6.30. The molecule has 0 atom stereocenters. The van der Waals surface area contributed by atoms with E-state index in [1.165, 1.54) is 19.3 Å². The molecule has 0 amide bonds. The van der Waals surface area contributed by atoms with E-state index in [4.69, 9.17) is 16.4 Å².